The van der Waals surface area contributed by atoms with E-state index in [0.717, 1.165) is 16.2 Å². The molecule has 0 saturated carbocycles. The smallest absolute Gasteiger partial charge is 0.407 e. The van der Waals surface area contributed by atoms with Gasteiger partial charge in [-0.25, -0.2) is 9.59 Å². The maximum absolute atomic E-state index is 12.3. The van der Waals surface area contributed by atoms with E-state index < -0.39 is 17.7 Å². The number of amides is 1. The maximum Gasteiger partial charge on any atom is 0.407 e. The van der Waals surface area contributed by atoms with E-state index in [1.54, 1.807) is 31.0 Å². The van der Waals surface area contributed by atoms with Crippen molar-refractivity contribution in [3.8, 4) is 5.75 Å². The molecule has 0 saturated heterocycles. The summed E-state index contributed by atoms with van der Waals surface area (Å²) in [6.07, 6.45) is -0.475. The van der Waals surface area contributed by atoms with Gasteiger partial charge in [0.25, 0.3) is 0 Å². The third-order valence-corrected chi connectivity index (χ3v) is 5.62. The van der Waals surface area contributed by atoms with Crippen molar-refractivity contribution in [2.75, 3.05) is 14.2 Å². The minimum atomic E-state index is -0.582. The van der Waals surface area contributed by atoms with Crippen molar-refractivity contribution in [3.05, 3.63) is 59.7 Å². The quantitative estimate of drug-likeness (QED) is 0.478. The summed E-state index contributed by atoms with van der Waals surface area (Å²) in [4.78, 5) is 25.1. The van der Waals surface area contributed by atoms with Crippen LogP contribution in [0.5, 0.6) is 5.75 Å². The predicted octanol–water partition coefficient (Wildman–Crippen LogP) is 5.23. The molecule has 0 aliphatic carbocycles. The largest absolute Gasteiger partial charge is 0.497 e. The first-order valence-electron chi connectivity index (χ1n) is 9.61. The molecule has 1 amide bonds. The monoisotopic (exact) mass is 431 g/mol. The summed E-state index contributed by atoms with van der Waals surface area (Å²) >= 11 is 1.55. The van der Waals surface area contributed by atoms with Gasteiger partial charge in [0.2, 0.25) is 0 Å². The van der Waals surface area contributed by atoms with Crippen LogP contribution in [0.3, 0.4) is 0 Å². The minimum absolute atomic E-state index is 0.128. The summed E-state index contributed by atoms with van der Waals surface area (Å²) in [5.41, 5.74) is 0.901. The number of ether oxygens (including phenoxy) is 3. The third kappa shape index (κ3) is 6.99. The molecule has 0 spiro atoms. The molecule has 0 radical (unpaired) electrons. The number of thioether (sulfide) groups is 1. The van der Waals surface area contributed by atoms with Crippen LogP contribution in [-0.2, 0) is 9.47 Å². The highest BCUT2D eigenvalue weighted by atomic mass is 32.2. The van der Waals surface area contributed by atoms with Crippen LogP contribution in [0, 0.1) is 0 Å². The Morgan fingerprint density at radius 2 is 1.70 bits per heavy atom. The van der Waals surface area contributed by atoms with Crippen LogP contribution in [0.15, 0.2) is 53.4 Å². The van der Waals surface area contributed by atoms with Crippen molar-refractivity contribution in [2.24, 2.45) is 0 Å². The first-order valence-corrected chi connectivity index (χ1v) is 10.5. The number of esters is 1. The second-order valence-electron chi connectivity index (χ2n) is 7.77. The number of methoxy groups -OCH3 is 2. The predicted molar refractivity (Wildman–Crippen MR) is 118 cm³/mol. The van der Waals surface area contributed by atoms with Crippen molar-refractivity contribution in [3.63, 3.8) is 0 Å². The molecule has 0 heterocycles. The molecule has 2 unspecified atom stereocenters. The summed E-state index contributed by atoms with van der Waals surface area (Å²) in [6.45, 7) is 7.40. The van der Waals surface area contributed by atoms with Crippen LogP contribution in [0.25, 0.3) is 0 Å². The molecule has 0 bridgehead atoms. The number of carbonyl (C=O) groups is 2. The lowest BCUT2D eigenvalue weighted by atomic mass is 10.1. The van der Waals surface area contributed by atoms with E-state index in [1.807, 2.05) is 64.1 Å². The van der Waals surface area contributed by atoms with Gasteiger partial charge in [-0.2, -0.15) is 0 Å². The van der Waals surface area contributed by atoms with E-state index >= 15 is 0 Å². The third-order valence-electron chi connectivity index (χ3n) is 4.16. The van der Waals surface area contributed by atoms with Gasteiger partial charge in [0.1, 0.15) is 11.4 Å². The van der Waals surface area contributed by atoms with Crippen LogP contribution in [-0.4, -0.2) is 37.9 Å². The van der Waals surface area contributed by atoms with E-state index in [1.165, 1.54) is 7.11 Å². The average Bonchev–Trinajstić information content (AvgIpc) is 2.70. The van der Waals surface area contributed by atoms with E-state index in [-0.39, 0.29) is 11.3 Å². The fourth-order valence-corrected chi connectivity index (χ4v) is 3.99. The van der Waals surface area contributed by atoms with Crippen LogP contribution in [0.2, 0.25) is 0 Å². The molecule has 2 rings (SSSR count). The first-order chi connectivity index (χ1) is 14.1. The number of hydrogen-bond acceptors (Lipinski definition) is 6. The SMILES string of the molecule is COC(=O)c1cccc(SC(c2ccc(OC)cc2)C(C)NC(=O)OC(C)(C)C)c1. The zero-order valence-electron chi connectivity index (χ0n) is 18.2. The molecular weight excluding hydrogens is 402 g/mol. The molecule has 162 valence electrons. The zero-order chi connectivity index (χ0) is 22.3. The van der Waals surface area contributed by atoms with Crippen LogP contribution in [0.4, 0.5) is 4.79 Å². The van der Waals surface area contributed by atoms with E-state index in [2.05, 4.69) is 5.32 Å². The highest BCUT2D eigenvalue weighted by Gasteiger charge is 2.25. The molecule has 6 nitrogen and oxygen atoms in total. The molecular formula is C23H29NO5S. The molecule has 0 aliphatic heterocycles. The molecule has 7 heteroatoms. The fraction of sp³-hybridized carbons (Fsp3) is 0.391. The van der Waals surface area contributed by atoms with Gasteiger partial charge in [0.05, 0.1) is 25.0 Å². The van der Waals surface area contributed by atoms with Gasteiger partial charge in [-0.05, 0) is 63.6 Å². The first kappa shape index (κ1) is 23.6. The van der Waals surface area contributed by atoms with Gasteiger partial charge in [-0.3, -0.25) is 0 Å². The molecule has 2 atom stereocenters. The van der Waals surface area contributed by atoms with Crippen LogP contribution >= 0.6 is 11.8 Å². The Kier molecular flexibility index (Phi) is 8.17. The van der Waals surface area contributed by atoms with Crippen molar-refractivity contribution >= 4 is 23.8 Å². The van der Waals surface area contributed by atoms with Gasteiger partial charge >= 0.3 is 12.1 Å². The number of rotatable bonds is 7. The highest BCUT2D eigenvalue weighted by molar-refractivity contribution is 7.99. The molecule has 0 fully saturated rings. The number of alkyl carbamates (subject to hydrolysis) is 1. The molecule has 2 aromatic carbocycles. The summed E-state index contributed by atoms with van der Waals surface area (Å²) in [7, 11) is 2.97. The lowest BCUT2D eigenvalue weighted by molar-refractivity contribution is 0.0506. The standard InChI is InChI=1S/C23H29NO5S/c1-15(24-22(26)29-23(2,3)4)20(16-10-12-18(27-5)13-11-16)30-19-9-7-8-17(14-19)21(25)28-6/h7-15,20H,1-6H3,(H,24,26). The van der Waals surface area contributed by atoms with Gasteiger partial charge < -0.3 is 19.5 Å². The Morgan fingerprint density at radius 3 is 2.27 bits per heavy atom. The van der Waals surface area contributed by atoms with Crippen LogP contribution in [0.1, 0.15) is 48.9 Å². The summed E-state index contributed by atoms with van der Waals surface area (Å²) < 4.78 is 15.5. The summed E-state index contributed by atoms with van der Waals surface area (Å²) in [5, 5.41) is 2.80. The van der Waals surface area contributed by atoms with Crippen LogP contribution < -0.4 is 10.1 Å². The number of carbonyl (C=O) groups excluding carboxylic acids is 2. The van der Waals surface area contributed by atoms with Crippen molar-refractivity contribution in [2.45, 2.75) is 49.5 Å². The lowest BCUT2D eigenvalue weighted by Gasteiger charge is -2.27. The molecule has 2 aromatic rings. The van der Waals surface area contributed by atoms with Gasteiger partial charge in [-0.15, -0.1) is 11.8 Å². The van der Waals surface area contributed by atoms with Gasteiger partial charge in [-0.1, -0.05) is 18.2 Å². The summed E-state index contributed by atoms with van der Waals surface area (Å²) in [6, 6.07) is 14.7. The Balaban J connectivity index is 2.29. The minimum Gasteiger partial charge on any atom is -0.497 e. The Morgan fingerprint density at radius 1 is 1.03 bits per heavy atom. The summed E-state index contributed by atoms with van der Waals surface area (Å²) in [5.74, 6) is 0.362. The molecule has 0 aliphatic rings. The highest BCUT2D eigenvalue weighted by Crippen LogP contribution is 2.38. The van der Waals surface area contributed by atoms with Gasteiger partial charge in [0.15, 0.2) is 0 Å². The molecule has 0 aromatic heterocycles. The average molecular weight is 432 g/mol. The fourth-order valence-electron chi connectivity index (χ4n) is 2.78. The number of nitrogens with one attached hydrogen (secondary N) is 1. The molecule has 30 heavy (non-hydrogen) atoms. The second kappa shape index (κ2) is 10.4. The molecule has 1 N–H and O–H groups in total. The topological polar surface area (TPSA) is 73.9 Å². The van der Waals surface area contributed by atoms with Crippen molar-refractivity contribution in [1.82, 2.24) is 5.32 Å². The second-order valence-corrected chi connectivity index (χ2v) is 8.98. The van der Waals surface area contributed by atoms with Gasteiger partial charge in [0, 0.05) is 10.9 Å². The lowest BCUT2D eigenvalue weighted by Crippen LogP contribution is -2.40. The van der Waals surface area contributed by atoms with E-state index in [9.17, 15) is 9.59 Å². The van der Waals surface area contributed by atoms with Crippen molar-refractivity contribution < 1.29 is 23.8 Å². The Bertz CT molecular complexity index is 861. The number of benzene rings is 2. The maximum atomic E-state index is 12.3. The van der Waals surface area contributed by atoms with Crippen molar-refractivity contribution in [1.29, 1.82) is 0 Å². The number of hydrogen-bond donors (Lipinski definition) is 1. The Hall–Kier alpha value is -2.67. The normalized spacial score (nSPS) is 13.1. The van der Waals surface area contributed by atoms with E-state index in [4.69, 9.17) is 14.2 Å². The van der Waals surface area contributed by atoms with E-state index in [0.29, 0.717) is 5.56 Å². The Labute approximate surface area is 182 Å². The zero-order valence-corrected chi connectivity index (χ0v) is 19.0.